The Morgan fingerprint density at radius 3 is 2.61 bits per heavy atom. The summed E-state index contributed by atoms with van der Waals surface area (Å²) in [6, 6.07) is 7.89. The van der Waals surface area contributed by atoms with Gasteiger partial charge in [0.2, 0.25) is 0 Å². The fourth-order valence-electron chi connectivity index (χ4n) is 2.03. The van der Waals surface area contributed by atoms with Gasteiger partial charge >= 0.3 is 5.97 Å². The molecule has 0 aliphatic rings. The molecule has 0 saturated heterocycles. The molecule has 3 heteroatoms. The average molecular weight is 313 g/mol. The number of rotatable bonds is 7. The van der Waals surface area contributed by atoms with Gasteiger partial charge in [0.25, 0.3) is 0 Å². The van der Waals surface area contributed by atoms with E-state index >= 15 is 0 Å². The predicted octanol–water partition coefficient (Wildman–Crippen LogP) is 4.52. The molecule has 18 heavy (non-hydrogen) atoms. The Bertz CT molecular complexity index is 388. The summed E-state index contributed by atoms with van der Waals surface area (Å²) < 4.78 is 1.01. The van der Waals surface area contributed by atoms with Crippen LogP contribution < -0.4 is 0 Å². The Kier molecular flexibility index (Phi) is 6.41. The molecule has 0 amide bonds. The summed E-state index contributed by atoms with van der Waals surface area (Å²) in [7, 11) is 0. The van der Waals surface area contributed by atoms with Crippen molar-refractivity contribution in [1.82, 2.24) is 0 Å². The molecule has 0 aliphatic heterocycles. The van der Waals surface area contributed by atoms with Crippen molar-refractivity contribution in [3.05, 3.63) is 34.3 Å². The maximum absolute atomic E-state index is 11.3. The van der Waals surface area contributed by atoms with Gasteiger partial charge in [-0.1, -0.05) is 54.8 Å². The summed E-state index contributed by atoms with van der Waals surface area (Å²) in [4.78, 5) is 11.3. The van der Waals surface area contributed by atoms with Crippen molar-refractivity contribution in [2.24, 2.45) is 11.8 Å². The van der Waals surface area contributed by atoms with Gasteiger partial charge in [-0.05, 0) is 36.5 Å². The van der Waals surface area contributed by atoms with Crippen molar-refractivity contribution >= 4 is 21.9 Å². The number of benzene rings is 1. The van der Waals surface area contributed by atoms with E-state index in [4.69, 9.17) is 0 Å². The molecule has 0 bridgehead atoms. The second-order valence-corrected chi connectivity index (χ2v) is 6.11. The van der Waals surface area contributed by atoms with Crippen LogP contribution in [0.5, 0.6) is 0 Å². The topological polar surface area (TPSA) is 37.3 Å². The molecule has 1 unspecified atom stereocenters. The van der Waals surface area contributed by atoms with Gasteiger partial charge in [-0.2, -0.15) is 0 Å². The first-order chi connectivity index (χ1) is 8.49. The summed E-state index contributed by atoms with van der Waals surface area (Å²) in [6.07, 6.45) is 3.47. The van der Waals surface area contributed by atoms with Crippen molar-refractivity contribution < 1.29 is 9.90 Å². The standard InChI is InChI=1S/C15H21BrO2/c1-11(2)5-3-7-13(15(17)18)9-12-6-4-8-14(16)10-12/h4,6,8,10-11,13H,3,5,7,9H2,1-2H3,(H,17,18). The van der Waals surface area contributed by atoms with Gasteiger partial charge in [0.15, 0.2) is 0 Å². The van der Waals surface area contributed by atoms with E-state index in [1.165, 1.54) is 0 Å². The van der Waals surface area contributed by atoms with Crippen LogP contribution in [-0.2, 0) is 11.2 Å². The van der Waals surface area contributed by atoms with Gasteiger partial charge in [0.1, 0.15) is 0 Å². The molecule has 0 heterocycles. The van der Waals surface area contributed by atoms with Crippen LogP contribution in [0.1, 0.15) is 38.7 Å². The molecular formula is C15H21BrO2. The van der Waals surface area contributed by atoms with E-state index in [0.717, 1.165) is 29.3 Å². The van der Waals surface area contributed by atoms with Gasteiger partial charge in [-0.15, -0.1) is 0 Å². The Labute approximate surface area is 118 Å². The van der Waals surface area contributed by atoms with E-state index < -0.39 is 5.97 Å². The lowest BCUT2D eigenvalue weighted by Crippen LogP contribution is -2.16. The van der Waals surface area contributed by atoms with Crippen LogP contribution in [0.4, 0.5) is 0 Å². The van der Waals surface area contributed by atoms with Gasteiger partial charge < -0.3 is 5.11 Å². The summed E-state index contributed by atoms with van der Waals surface area (Å²) in [5.41, 5.74) is 1.08. The molecule has 1 atom stereocenters. The molecule has 0 aliphatic carbocycles. The zero-order chi connectivity index (χ0) is 13.5. The first kappa shape index (κ1) is 15.2. The monoisotopic (exact) mass is 312 g/mol. The maximum atomic E-state index is 11.3. The third-order valence-corrected chi connectivity index (χ3v) is 3.55. The van der Waals surface area contributed by atoms with Crippen LogP contribution in [0.3, 0.4) is 0 Å². The molecule has 1 aromatic carbocycles. The minimum atomic E-state index is -0.682. The number of aliphatic carboxylic acids is 1. The quantitative estimate of drug-likeness (QED) is 0.803. The number of hydrogen-bond acceptors (Lipinski definition) is 1. The predicted molar refractivity (Wildman–Crippen MR) is 77.7 cm³/mol. The SMILES string of the molecule is CC(C)CCCC(Cc1cccc(Br)c1)C(=O)O. The second-order valence-electron chi connectivity index (χ2n) is 5.19. The minimum Gasteiger partial charge on any atom is -0.481 e. The van der Waals surface area contributed by atoms with Crippen LogP contribution in [0.2, 0.25) is 0 Å². The highest BCUT2D eigenvalue weighted by atomic mass is 79.9. The first-order valence-electron chi connectivity index (χ1n) is 6.46. The summed E-state index contributed by atoms with van der Waals surface area (Å²) in [6.45, 7) is 4.34. The smallest absolute Gasteiger partial charge is 0.306 e. The highest BCUT2D eigenvalue weighted by Gasteiger charge is 2.17. The van der Waals surface area contributed by atoms with Crippen molar-refractivity contribution in [1.29, 1.82) is 0 Å². The molecule has 1 N–H and O–H groups in total. The number of hydrogen-bond donors (Lipinski definition) is 1. The number of halogens is 1. The van der Waals surface area contributed by atoms with Crippen molar-refractivity contribution in [3.63, 3.8) is 0 Å². The lowest BCUT2D eigenvalue weighted by atomic mass is 9.92. The Balaban J connectivity index is 2.55. The summed E-state index contributed by atoms with van der Waals surface area (Å²) >= 11 is 3.41. The molecule has 0 fully saturated rings. The van der Waals surface area contributed by atoms with E-state index in [9.17, 15) is 9.90 Å². The third kappa shape index (κ3) is 5.67. The molecule has 0 saturated carbocycles. The van der Waals surface area contributed by atoms with Crippen molar-refractivity contribution in [2.45, 2.75) is 39.5 Å². The van der Waals surface area contributed by atoms with Crippen LogP contribution >= 0.6 is 15.9 Å². The largest absolute Gasteiger partial charge is 0.481 e. The van der Waals surface area contributed by atoms with Crippen LogP contribution in [-0.4, -0.2) is 11.1 Å². The molecule has 0 aromatic heterocycles. The van der Waals surface area contributed by atoms with Crippen LogP contribution in [0.15, 0.2) is 28.7 Å². The Morgan fingerprint density at radius 2 is 2.06 bits per heavy atom. The minimum absolute atomic E-state index is 0.266. The van der Waals surface area contributed by atoms with E-state index in [1.807, 2.05) is 24.3 Å². The van der Waals surface area contributed by atoms with Crippen molar-refractivity contribution in [2.75, 3.05) is 0 Å². The van der Waals surface area contributed by atoms with Gasteiger partial charge in [0.05, 0.1) is 5.92 Å². The molecule has 100 valence electrons. The van der Waals surface area contributed by atoms with Gasteiger partial charge in [-0.3, -0.25) is 4.79 Å². The van der Waals surface area contributed by atoms with Crippen molar-refractivity contribution in [3.8, 4) is 0 Å². The molecular weight excluding hydrogens is 292 g/mol. The fourth-order valence-corrected chi connectivity index (χ4v) is 2.48. The highest BCUT2D eigenvalue weighted by Crippen LogP contribution is 2.20. The van der Waals surface area contributed by atoms with Gasteiger partial charge in [0, 0.05) is 4.47 Å². The summed E-state index contributed by atoms with van der Waals surface area (Å²) in [5, 5.41) is 9.26. The highest BCUT2D eigenvalue weighted by molar-refractivity contribution is 9.10. The zero-order valence-corrected chi connectivity index (χ0v) is 12.6. The van der Waals surface area contributed by atoms with E-state index in [-0.39, 0.29) is 5.92 Å². The average Bonchev–Trinajstić information content (AvgIpc) is 2.27. The first-order valence-corrected chi connectivity index (χ1v) is 7.25. The number of carbonyl (C=O) groups is 1. The van der Waals surface area contributed by atoms with E-state index in [0.29, 0.717) is 12.3 Å². The number of carboxylic acid groups (broad SMARTS) is 1. The van der Waals surface area contributed by atoms with E-state index in [2.05, 4.69) is 29.8 Å². The Hall–Kier alpha value is -0.830. The second kappa shape index (κ2) is 7.57. The maximum Gasteiger partial charge on any atom is 0.306 e. The Morgan fingerprint density at radius 1 is 1.33 bits per heavy atom. The zero-order valence-electron chi connectivity index (χ0n) is 11.0. The molecule has 2 nitrogen and oxygen atoms in total. The van der Waals surface area contributed by atoms with Crippen LogP contribution in [0.25, 0.3) is 0 Å². The molecule has 0 spiro atoms. The fraction of sp³-hybridized carbons (Fsp3) is 0.533. The van der Waals surface area contributed by atoms with Gasteiger partial charge in [-0.25, -0.2) is 0 Å². The summed E-state index contributed by atoms with van der Waals surface area (Å²) in [5.74, 6) is -0.304. The lowest BCUT2D eigenvalue weighted by Gasteiger charge is -2.13. The lowest BCUT2D eigenvalue weighted by molar-refractivity contribution is -0.142. The molecule has 0 radical (unpaired) electrons. The third-order valence-electron chi connectivity index (χ3n) is 3.05. The van der Waals surface area contributed by atoms with E-state index in [1.54, 1.807) is 0 Å². The number of carboxylic acids is 1. The molecule has 1 rings (SSSR count). The van der Waals surface area contributed by atoms with Crippen LogP contribution in [0, 0.1) is 11.8 Å². The normalized spacial score (nSPS) is 12.7. The molecule has 1 aromatic rings.